The van der Waals surface area contributed by atoms with Crippen LogP contribution in [-0.4, -0.2) is 34.5 Å². The molecule has 1 fully saturated rings. The highest BCUT2D eigenvalue weighted by Crippen LogP contribution is 2.24. The number of hydrogen-bond acceptors (Lipinski definition) is 4. The molecule has 0 aromatic carbocycles. The van der Waals surface area contributed by atoms with Gasteiger partial charge in [-0.1, -0.05) is 0 Å². The second-order valence-electron chi connectivity index (χ2n) is 2.35. The van der Waals surface area contributed by atoms with Gasteiger partial charge in [-0.3, -0.25) is 4.79 Å². The van der Waals surface area contributed by atoms with Crippen LogP contribution in [0.25, 0.3) is 0 Å². The fourth-order valence-corrected chi connectivity index (χ4v) is 3.29. The second kappa shape index (κ2) is 6.00. The molecule has 0 aromatic heterocycles. The van der Waals surface area contributed by atoms with Crippen LogP contribution in [-0.2, 0) is 9.53 Å². The Bertz CT molecular complexity index is 146. The Morgan fingerprint density at radius 1 is 1.58 bits per heavy atom. The van der Waals surface area contributed by atoms with E-state index in [0.717, 1.165) is 11.5 Å². The third kappa shape index (κ3) is 3.92. The third-order valence-corrected chi connectivity index (χ3v) is 4.07. The van der Waals surface area contributed by atoms with Gasteiger partial charge in [-0.2, -0.15) is 11.8 Å². The van der Waals surface area contributed by atoms with Gasteiger partial charge in [0.1, 0.15) is 5.88 Å². The van der Waals surface area contributed by atoms with Crippen LogP contribution in [0.5, 0.6) is 0 Å². The van der Waals surface area contributed by atoms with Crippen molar-refractivity contribution in [2.75, 3.05) is 23.1 Å². The first-order chi connectivity index (χ1) is 5.83. The molecule has 1 heterocycles. The minimum atomic E-state index is -0.309. The molecule has 12 heavy (non-hydrogen) atoms. The molecular formula is C7H11ClO2S2. The van der Waals surface area contributed by atoms with Crippen molar-refractivity contribution in [3.05, 3.63) is 0 Å². The monoisotopic (exact) mass is 226 g/mol. The lowest BCUT2D eigenvalue weighted by molar-refractivity contribution is -0.141. The Morgan fingerprint density at radius 3 is 3.17 bits per heavy atom. The number of alkyl halides is 1. The van der Waals surface area contributed by atoms with Gasteiger partial charge in [-0.25, -0.2) is 0 Å². The zero-order valence-corrected chi connectivity index (χ0v) is 9.01. The summed E-state index contributed by atoms with van der Waals surface area (Å²) >= 11 is 8.86. The third-order valence-electron chi connectivity index (χ3n) is 1.36. The molecule has 0 radical (unpaired) electrons. The fourth-order valence-electron chi connectivity index (χ4n) is 0.850. The molecule has 2 nitrogen and oxygen atoms in total. The van der Waals surface area contributed by atoms with Crippen LogP contribution in [0.3, 0.4) is 0 Å². The predicted octanol–water partition coefficient (Wildman–Crippen LogP) is 1.96. The van der Waals surface area contributed by atoms with Gasteiger partial charge in [-0.15, -0.1) is 23.4 Å². The standard InChI is InChI=1S/C7H11ClO2S2/c8-4-6(9)10-7-5-11-2-1-3-12-7/h7H,1-5H2/t7-/m0/s1. The van der Waals surface area contributed by atoms with Crippen molar-refractivity contribution in [2.24, 2.45) is 0 Å². The Morgan fingerprint density at radius 2 is 2.42 bits per heavy atom. The van der Waals surface area contributed by atoms with E-state index in [1.165, 1.54) is 12.2 Å². The summed E-state index contributed by atoms with van der Waals surface area (Å²) in [5, 5.41) is 0. The Labute approximate surface area is 85.7 Å². The Kier molecular flexibility index (Phi) is 5.27. The summed E-state index contributed by atoms with van der Waals surface area (Å²) in [6.45, 7) is 0. The average Bonchev–Trinajstić information content (AvgIpc) is 2.33. The Hall–Kier alpha value is 0.460. The number of hydrogen-bond donors (Lipinski definition) is 0. The first kappa shape index (κ1) is 10.5. The summed E-state index contributed by atoms with van der Waals surface area (Å²) in [5.41, 5.74) is 0.0174. The van der Waals surface area contributed by atoms with E-state index in [0.29, 0.717) is 0 Å². The van der Waals surface area contributed by atoms with E-state index in [-0.39, 0.29) is 17.3 Å². The van der Waals surface area contributed by atoms with Crippen LogP contribution < -0.4 is 0 Å². The van der Waals surface area contributed by atoms with Crippen molar-refractivity contribution < 1.29 is 9.53 Å². The van der Waals surface area contributed by atoms with Crippen LogP contribution in [0.4, 0.5) is 0 Å². The maximum atomic E-state index is 10.8. The minimum absolute atomic E-state index is 0.0174. The van der Waals surface area contributed by atoms with Crippen LogP contribution in [0.2, 0.25) is 0 Å². The highest BCUT2D eigenvalue weighted by molar-refractivity contribution is 8.03. The van der Waals surface area contributed by atoms with Crippen molar-refractivity contribution in [1.29, 1.82) is 0 Å². The van der Waals surface area contributed by atoms with E-state index >= 15 is 0 Å². The Balaban J connectivity index is 2.24. The first-order valence-corrected chi connectivity index (χ1v) is 6.51. The summed E-state index contributed by atoms with van der Waals surface area (Å²) in [6, 6.07) is 0. The van der Waals surface area contributed by atoms with E-state index in [4.69, 9.17) is 16.3 Å². The quantitative estimate of drug-likeness (QED) is 0.531. The van der Waals surface area contributed by atoms with E-state index in [1.54, 1.807) is 11.8 Å². The lowest BCUT2D eigenvalue weighted by Gasteiger charge is -2.12. The predicted molar refractivity (Wildman–Crippen MR) is 55.0 cm³/mol. The van der Waals surface area contributed by atoms with Gasteiger partial charge in [0.2, 0.25) is 0 Å². The molecule has 0 unspecified atom stereocenters. The van der Waals surface area contributed by atoms with Crippen molar-refractivity contribution in [3.63, 3.8) is 0 Å². The molecule has 0 N–H and O–H groups in total. The number of esters is 1. The lowest BCUT2D eigenvalue weighted by Crippen LogP contribution is -2.17. The zero-order valence-electron chi connectivity index (χ0n) is 6.62. The molecule has 1 saturated heterocycles. The first-order valence-electron chi connectivity index (χ1n) is 3.77. The van der Waals surface area contributed by atoms with Gasteiger partial charge < -0.3 is 4.74 Å². The number of thioether (sulfide) groups is 2. The highest BCUT2D eigenvalue weighted by Gasteiger charge is 2.16. The van der Waals surface area contributed by atoms with Crippen molar-refractivity contribution >= 4 is 41.1 Å². The smallest absolute Gasteiger partial charge is 0.322 e. The number of halogens is 1. The summed E-state index contributed by atoms with van der Waals surface area (Å²) < 4.78 is 5.09. The normalized spacial score (nSPS) is 24.6. The fraction of sp³-hybridized carbons (Fsp3) is 0.857. The molecule has 1 rings (SSSR count). The van der Waals surface area contributed by atoms with Gasteiger partial charge in [0.05, 0.1) is 0 Å². The maximum absolute atomic E-state index is 10.8. The van der Waals surface area contributed by atoms with Gasteiger partial charge in [0.25, 0.3) is 0 Å². The largest absolute Gasteiger partial charge is 0.449 e. The average molecular weight is 227 g/mol. The molecule has 5 heteroatoms. The van der Waals surface area contributed by atoms with Crippen LogP contribution in [0, 0.1) is 0 Å². The van der Waals surface area contributed by atoms with E-state index in [1.807, 2.05) is 11.8 Å². The number of carbonyl (C=O) groups excluding carboxylic acids is 1. The molecule has 0 bridgehead atoms. The molecule has 1 aliphatic heterocycles. The summed E-state index contributed by atoms with van der Waals surface area (Å²) in [5.74, 6) is 2.79. The van der Waals surface area contributed by atoms with Crippen molar-refractivity contribution in [3.8, 4) is 0 Å². The summed E-state index contributed by atoms with van der Waals surface area (Å²) in [7, 11) is 0. The summed E-state index contributed by atoms with van der Waals surface area (Å²) in [4.78, 5) is 10.8. The number of ether oxygens (including phenoxy) is 1. The highest BCUT2D eigenvalue weighted by atomic mass is 35.5. The zero-order chi connectivity index (χ0) is 8.81. The molecule has 0 spiro atoms. The number of rotatable bonds is 2. The van der Waals surface area contributed by atoms with Gasteiger partial charge in [0, 0.05) is 5.75 Å². The molecule has 0 saturated carbocycles. The van der Waals surface area contributed by atoms with Gasteiger partial charge >= 0.3 is 5.97 Å². The minimum Gasteiger partial charge on any atom is -0.449 e. The van der Waals surface area contributed by atoms with Crippen LogP contribution >= 0.6 is 35.1 Å². The lowest BCUT2D eigenvalue weighted by atomic mass is 10.6. The number of carbonyl (C=O) groups is 1. The van der Waals surface area contributed by atoms with E-state index in [2.05, 4.69) is 0 Å². The topological polar surface area (TPSA) is 26.3 Å². The maximum Gasteiger partial charge on any atom is 0.322 e. The summed E-state index contributed by atoms with van der Waals surface area (Å²) in [6.07, 6.45) is 1.20. The SMILES string of the molecule is O=C(CCl)O[C@@H]1CSCCCS1. The molecule has 0 aromatic rings. The second-order valence-corrected chi connectivity index (χ2v) is 5.04. The molecule has 0 amide bonds. The molecule has 1 atom stereocenters. The van der Waals surface area contributed by atoms with Crippen molar-refractivity contribution in [2.45, 2.75) is 11.9 Å². The van der Waals surface area contributed by atoms with Gasteiger partial charge in [-0.05, 0) is 17.9 Å². The van der Waals surface area contributed by atoms with E-state index in [9.17, 15) is 4.79 Å². The van der Waals surface area contributed by atoms with Crippen LogP contribution in [0.1, 0.15) is 6.42 Å². The van der Waals surface area contributed by atoms with Crippen molar-refractivity contribution in [1.82, 2.24) is 0 Å². The molecule has 70 valence electrons. The molecule has 0 aliphatic carbocycles. The van der Waals surface area contributed by atoms with Gasteiger partial charge in [0.15, 0.2) is 5.44 Å². The molecular weight excluding hydrogens is 216 g/mol. The van der Waals surface area contributed by atoms with E-state index < -0.39 is 0 Å². The molecule has 1 aliphatic rings. The van der Waals surface area contributed by atoms with Crippen LogP contribution in [0.15, 0.2) is 0 Å².